The van der Waals surface area contributed by atoms with E-state index in [2.05, 4.69) is 27.7 Å². The second-order valence-corrected chi connectivity index (χ2v) is 8.12. The minimum Gasteiger partial charge on any atom is -0.394 e. The zero-order valence-corrected chi connectivity index (χ0v) is 17.4. The summed E-state index contributed by atoms with van der Waals surface area (Å²) in [7, 11) is 1.68. The van der Waals surface area contributed by atoms with E-state index in [9.17, 15) is 9.90 Å². The molecular formula is C20H41NO5. The Kier molecular flexibility index (Phi) is 14.0. The van der Waals surface area contributed by atoms with E-state index in [4.69, 9.17) is 14.9 Å². The van der Waals surface area contributed by atoms with E-state index in [1.54, 1.807) is 11.9 Å². The van der Waals surface area contributed by atoms with Gasteiger partial charge in [0.15, 0.2) is 0 Å². The first-order chi connectivity index (χ1) is 12.2. The van der Waals surface area contributed by atoms with E-state index in [-0.39, 0.29) is 25.7 Å². The Morgan fingerprint density at radius 1 is 1.00 bits per heavy atom. The SMILES string of the molecule is CC(C)CCC(C)CCC(C)CC(=O)N(C)CC(OCCO)C(O)CO. The molecule has 0 spiro atoms. The molecule has 0 aromatic carbocycles. The molecule has 1 amide bonds. The number of carbonyl (C=O) groups is 1. The summed E-state index contributed by atoms with van der Waals surface area (Å²) in [4.78, 5) is 14.0. The van der Waals surface area contributed by atoms with Gasteiger partial charge < -0.3 is 25.0 Å². The lowest BCUT2D eigenvalue weighted by Gasteiger charge is -2.28. The van der Waals surface area contributed by atoms with Crippen LogP contribution in [-0.2, 0) is 9.53 Å². The fourth-order valence-corrected chi connectivity index (χ4v) is 2.87. The average Bonchev–Trinajstić information content (AvgIpc) is 2.60. The molecule has 0 fully saturated rings. The van der Waals surface area contributed by atoms with Gasteiger partial charge in [0.1, 0.15) is 12.2 Å². The molecule has 0 rings (SSSR count). The Balaban J connectivity index is 4.28. The van der Waals surface area contributed by atoms with Crippen LogP contribution in [0.3, 0.4) is 0 Å². The van der Waals surface area contributed by atoms with Crippen LogP contribution in [-0.4, -0.2) is 71.7 Å². The average molecular weight is 376 g/mol. The molecule has 6 heteroatoms. The van der Waals surface area contributed by atoms with Crippen molar-refractivity contribution in [2.45, 2.75) is 72.0 Å². The van der Waals surface area contributed by atoms with Crippen molar-refractivity contribution in [1.82, 2.24) is 4.90 Å². The minimum absolute atomic E-state index is 0.00933. The van der Waals surface area contributed by atoms with E-state index in [1.165, 1.54) is 12.8 Å². The topological polar surface area (TPSA) is 90.2 Å². The third kappa shape index (κ3) is 11.8. The fourth-order valence-electron chi connectivity index (χ4n) is 2.87. The van der Waals surface area contributed by atoms with Crippen LogP contribution in [0.5, 0.6) is 0 Å². The van der Waals surface area contributed by atoms with Gasteiger partial charge in [0.25, 0.3) is 0 Å². The van der Waals surface area contributed by atoms with Gasteiger partial charge in [-0.15, -0.1) is 0 Å². The van der Waals surface area contributed by atoms with Crippen LogP contribution in [0.25, 0.3) is 0 Å². The summed E-state index contributed by atoms with van der Waals surface area (Å²) < 4.78 is 5.34. The maximum Gasteiger partial charge on any atom is 0.222 e. The van der Waals surface area contributed by atoms with Crippen molar-refractivity contribution in [3.05, 3.63) is 0 Å². The molecule has 0 saturated carbocycles. The van der Waals surface area contributed by atoms with Gasteiger partial charge in [0.05, 0.1) is 19.8 Å². The Labute approximate surface area is 159 Å². The number of aliphatic hydroxyl groups is 3. The van der Waals surface area contributed by atoms with E-state index < -0.39 is 18.8 Å². The smallest absolute Gasteiger partial charge is 0.222 e. The van der Waals surface area contributed by atoms with E-state index in [0.29, 0.717) is 18.3 Å². The molecule has 0 aromatic rings. The minimum atomic E-state index is -1.07. The zero-order chi connectivity index (χ0) is 20.1. The lowest BCUT2D eigenvalue weighted by molar-refractivity contribution is -0.135. The highest BCUT2D eigenvalue weighted by Gasteiger charge is 2.24. The summed E-state index contributed by atoms with van der Waals surface area (Å²) in [5.74, 6) is 1.74. The summed E-state index contributed by atoms with van der Waals surface area (Å²) in [6.07, 6.45) is 3.35. The first-order valence-corrected chi connectivity index (χ1v) is 9.96. The first-order valence-electron chi connectivity index (χ1n) is 9.96. The second kappa shape index (κ2) is 14.4. The molecule has 0 saturated heterocycles. The van der Waals surface area contributed by atoms with Crippen LogP contribution in [0, 0.1) is 17.8 Å². The van der Waals surface area contributed by atoms with Crippen LogP contribution in [0.1, 0.15) is 59.8 Å². The van der Waals surface area contributed by atoms with E-state index in [0.717, 1.165) is 18.8 Å². The van der Waals surface area contributed by atoms with Crippen molar-refractivity contribution >= 4 is 5.91 Å². The lowest BCUT2D eigenvalue weighted by atomic mass is 9.91. The monoisotopic (exact) mass is 375 g/mol. The van der Waals surface area contributed by atoms with Gasteiger partial charge >= 0.3 is 0 Å². The van der Waals surface area contributed by atoms with Crippen LogP contribution in [0.15, 0.2) is 0 Å². The Morgan fingerprint density at radius 3 is 2.12 bits per heavy atom. The number of nitrogens with zero attached hydrogens (tertiary/aromatic N) is 1. The van der Waals surface area contributed by atoms with Gasteiger partial charge in [-0.2, -0.15) is 0 Å². The Hall–Kier alpha value is -0.690. The summed E-state index contributed by atoms with van der Waals surface area (Å²) in [5.41, 5.74) is 0. The highest BCUT2D eigenvalue weighted by molar-refractivity contribution is 5.76. The normalized spacial score (nSPS) is 16.3. The molecule has 0 aromatic heterocycles. The molecule has 4 unspecified atom stereocenters. The molecule has 0 aliphatic carbocycles. The first kappa shape index (κ1) is 25.3. The molecule has 0 heterocycles. The van der Waals surface area contributed by atoms with Gasteiger partial charge in [-0.25, -0.2) is 0 Å². The van der Waals surface area contributed by atoms with E-state index >= 15 is 0 Å². The number of carbonyl (C=O) groups excluding carboxylic acids is 1. The van der Waals surface area contributed by atoms with Gasteiger partial charge in [0.2, 0.25) is 5.91 Å². The van der Waals surface area contributed by atoms with Crippen LogP contribution in [0.2, 0.25) is 0 Å². The summed E-state index contributed by atoms with van der Waals surface area (Å²) in [6.45, 7) is 8.52. The third-order valence-electron chi connectivity index (χ3n) is 4.83. The predicted molar refractivity (Wildman–Crippen MR) is 104 cm³/mol. The quantitative estimate of drug-likeness (QED) is 0.408. The molecule has 26 heavy (non-hydrogen) atoms. The van der Waals surface area contributed by atoms with Crippen molar-refractivity contribution in [2.24, 2.45) is 17.8 Å². The second-order valence-electron chi connectivity index (χ2n) is 8.12. The molecule has 6 nitrogen and oxygen atoms in total. The standard InChI is InChI=1S/C20H41NO5/c1-15(2)6-7-16(3)8-9-17(4)12-20(25)21(5)13-19(18(24)14-23)26-11-10-22/h15-19,22-24H,6-14H2,1-5H3. The Morgan fingerprint density at radius 2 is 1.58 bits per heavy atom. The van der Waals surface area contributed by atoms with Gasteiger partial charge in [-0.3, -0.25) is 4.79 Å². The maximum absolute atomic E-state index is 12.4. The molecule has 156 valence electrons. The van der Waals surface area contributed by atoms with Crippen LogP contribution in [0.4, 0.5) is 0 Å². The summed E-state index contributed by atoms with van der Waals surface area (Å²) >= 11 is 0. The van der Waals surface area contributed by atoms with Gasteiger partial charge in [-0.1, -0.05) is 47.0 Å². The number of rotatable bonds is 15. The van der Waals surface area contributed by atoms with Crippen LogP contribution >= 0.6 is 0 Å². The zero-order valence-electron chi connectivity index (χ0n) is 17.4. The van der Waals surface area contributed by atoms with E-state index in [1.807, 2.05) is 0 Å². The number of ether oxygens (including phenoxy) is 1. The van der Waals surface area contributed by atoms with Crippen molar-refractivity contribution in [3.8, 4) is 0 Å². The Bertz CT molecular complexity index is 364. The molecule has 3 N–H and O–H groups in total. The largest absolute Gasteiger partial charge is 0.394 e. The van der Waals surface area contributed by atoms with Crippen LogP contribution < -0.4 is 0 Å². The molecule has 0 bridgehead atoms. The van der Waals surface area contributed by atoms with Crippen molar-refractivity contribution in [1.29, 1.82) is 0 Å². The summed E-state index contributed by atoms with van der Waals surface area (Å²) in [6, 6.07) is 0. The van der Waals surface area contributed by atoms with Gasteiger partial charge in [0, 0.05) is 20.0 Å². The fraction of sp³-hybridized carbons (Fsp3) is 0.950. The van der Waals surface area contributed by atoms with Gasteiger partial charge in [-0.05, 0) is 24.2 Å². The highest BCUT2D eigenvalue weighted by Crippen LogP contribution is 2.21. The molecule has 0 radical (unpaired) electrons. The van der Waals surface area contributed by atoms with Crippen molar-refractivity contribution < 1.29 is 24.9 Å². The third-order valence-corrected chi connectivity index (χ3v) is 4.83. The van der Waals surface area contributed by atoms with Crippen molar-refractivity contribution in [3.63, 3.8) is 0 Å². The highest BCUT2D eigenvalue weighted by atomic mass is 16.5. The molecule has 0 aliphatic rings. The number of aliphatic hydroxyl groups excluding tert-OH is 3. The lowest BCUT2D eigenvalue weighted by Crippen LogP contribution is -2.44. The number of amides is 1. The molecular weight excluding hydrogens is 334 g/mol. The molecule has 4 atom stereocenters. The predicted octanol–water partition coefficient (Wildman–Crippen LogP) is 2.05. The number of likely N-dealkylation sites (N-methyl/N-ethyl adjacent to an activating group) is 1. The number of hydrogen-bond donors (Lipinski definition) is 3. The maximum atomic E-state index is 12.4. The number of hydrogen-bond acceptors (Lipinski definition) is 5. The molecule has 0 aliphatic heterocycles. The summed E-state index contributed by atoms with van der Waals surface area (Å²) in [5, 5.41) is 27.8. The van der Waals surface area contributed by atoms with Crippen molar-refractivity contribution in [2.75, 3.05) is 33.4 Å².